The minimum atomic E-state index is 0.247. The van der Waals surface area contributed by atoms with Crippen molar-refractivity contribution in [2.45, 2.75) is 0 Å². The molecule has 0 radical (unpaired) electrons. The molecular weight excluding hydrogens is 278 g/mol. The average molecular weight is 288 g/mol. The molecule has 100 valence electrons. The number of nitrogens with zero attached hydrogens (tertiary/aromatic N) is 4. The Morgan fingerprint density at radius 3 is 2.65 bits per heavy atom. The standard InChI is InChI=1S/C13H10ClN5O/c14-11-8-10(6-7-12(11)15)20-13-16-17-18-19(13)9-4-2-1-3-5-9/h1-8H,15H2. The first kappa shape index (κ1) is 12.4. The van der Waals surface area contributed by atoms with Gasteiger partial charge in [0, 0.05) is 6.07 Å². The number of aromatic nitrogens is 4. The number of tetrazole rings is 1. The van der Waals surface area contributed by atoms with Gasteiger partial charge in [-0.3, -0.25) is 0 Å². The van der Waals surface area contributed by atoms with Gasteiger partial charge in [0.05, 0.1) is 16.4 Å². The number of anilines is 1. The van der Waals surface area contributed by atoms with Gasteiger partial charge in [-0.25, -0.2) is 0 Å². The number of nitrogens with two attached hydrogens (primary N) is 1. The van der Waals surface area contributed by atoms with Crippen LogP contribution in [0.25, 0.3) is 5.69 Å². The smallest absolute Gasteiger partial charge is 0.345 e. The zero-order chi connectivity index (χ0) is 13.9. The summed E-state index contributed by atoms with van der Waals surface area (Å²) in [4.78, 5) is 0. The van der Waals surface area contributed by atoms with Gasteiger partial charge in [0.25, 0.3) is 0 Å². The van der Waals surface area contributed by atoms with E-state index < -0.39 is 0 Å². The average Bonchev–Trinajstić information content (AvgIpc) is 2.92. The molecule has 0 spiro atoms. The number of para-hydroxylation sites is 1. The van der Waals surface area contributed by atoms with Gasteiger partial charge in [-0.2, -0.15) is 4.68 Å². The Labute approximate surface area is 119 Å². The van der Waals surface area contributed by atoms with E-state index in [-0.39, 0.29) is 6.01 Å². The van der Waals surface area contributed by atoms with Crippen molar-refractivity contribution in [3.8, 4) is 17.4 Å². The molecule has 1 heterocycles. The highest BCUT2D eigenvalue weighted by molar-refractivity contribution is 6.33. The molecule has 2 aromatic carbocycles. The number of hydrogen-bond donors (Lipinski definition) is 1. The van der Waals surface area contributed by atoms with Gasteiger partial charge in [-0.15, -0.1) is 0 Å². The minimum absolute atomic E-state index is 0.247. The van der Waals surface area contributed by atoms with Crippen LogP contribution >= 0.6 is 11.6 Å². The van der Waals surface area contributed by atoms with Crippen molar-refractivity contribution in [3.05, 3.63) is 53.6 Å². The third-order valence-electron chi connectivity index (χ3n) is 2.62. The van der Waals surface area contributed by atoms with Crippen LogP contribution in [0.3, 0.4) is 0 Å². The lowest BCUT2D eigenvalue weighted by Crippen LogP contribution is -2.00. The van der Waals surface area contributed by atoms with Crippen LogP contribution in [-0.2, 0) is 0 Å². The van der Waals surface area contributed by atoms with Gasteiger partial charge >= 0.3 is 6.01 Å². The lowest BCUT2D eigenvalue weighted by molar-refractivity contribution is 0.427. The Hall–Kier alpha value is -2.60. The summed E-state index contributed by atoms with van der Waals surface area (Å²) in [6, 6.07) is 14.7. The fraction of sp³-hybridized carbons (Fsp3) is 0. The molecule has 3 aromatic rings. The molecule has 2 N–H and O–H groups in total. The van der Waals surface area contributed by atoms with Crippen LogP contribution < -0.4 is 10.5 Å². The summed E-state index contributed by atoms with van der Waals surface area (Å²) >= 11 is 5.95. The van der Waals surface area contributed by atoms with Crippen molar-refractivity contribution >= 4 is 17.3 Å². The highest BCUT2D eigenvalue weighted by atomic mass is 35.5. The first-order valence-electron chi connectivity index (χ1n) is 5.81. The highest BCUT2D eigenvalue weighted by Crippen LogP contribution is 2.27. The van der Waals surface area contributed by atoms with Crippen LogP contribution in [0.5, 0.6) is 11.8 Å². The molecule has 3 rings (SSSR count). The van der Waals surface area contributed by atoms with Gasteiger partial charge in [0.2, 0.25) is 0 Å². The van der Waals surface area contributed by atoms with Crippen LogP contribution in [0.15, 0.2) is 48.5 Å². The predicted octanol–water partition coefficient (Wildman–Crippen LogP) is 2.69. The van der Waals surface area contributed by atoms with Gasteiger partial charge in [-0.05, 0) is 34.7 Å². The van der Waals surface area contributed by atoms with Crippen molar-refractivity contribution < 1.29 is 4.74 Å². The molecule has 0 bridgehead atoms. The number of halogens is 1. The second kappa shape index (κ2) is 5.18. The second-order valence-corrected chi connectivity index (χ2v) is 4.40. The van der Waals surface area contributed by atoms with E-state index in [1.54, 1.807) is 18.2 Å². The summed E-state index contributed by atoms with van der Waals surface area (Å²) in [6.45, 7) is 0. The van der Waals surface area contributed by atoms with Crippen molar-refractivity contribution in [3.63, 3.8) is 0 Å². The number of benzene rings is 2. The van der Waals surface area contributed by atoms with E-state index in [4.69, 9.17) is 22.1 Å². The topological polar surface area (TPSA) is 78.8 Å². The fourth-order valence-electron chi connectivity index (χ4n) is 1.65. The number of nitrogen functional groups attached to an aromatic ring is 1. The summed E-state index contributed by atoms with van der Waals surface area (Å²) in [6.07, 6.45) is 0. The Morgan fingerprint density at radius 2 is 1.90 bits per heavy atom. The highest BCUT2D eigenvalue weighted by Gasteiger charge is 2.11. The van der Waals surface area contributed by atoms with Crippen LogP contribution in [0.1, 0.15) is 0 Å². The molecule has 7 heteroatoms. The van der Waals surface area contributed by atoms with E-state index in [1.807, 2.05) is 30.3 Å². The van der Waals surface area contributed by atoms with E-state index in [0.717, 1.165) is 5.69 Å². The Morgan fingerprint density at radius 1 is 1.10 bits per heavy atom. The maximum atomic E-state index is 5.95. The summed E-state index contributed by atoms with van der Waals surface area (Å²) in [5.41, 5.74) is 6.94. The van der Waals surface area contributed by atoms with E-state index >= 15 is 0 Å². The molecule has 0 atom stereocenters. The molecule has 0 saturated heterocycles. The van der Waals surface area contributed by atoms with E-state index in [0.29, 0.717) is 16.5 Å². The molecule has 0 aliphatic heterocycles. The summed E-state index contributed by atoms with van der Waals surface area (Å²) in [5.74, 6) is 0.510. The lowest BCUT2D eigenvalue weighted by Gasteiger charge is -2.07. The Kier molecular flexibility index (Phi) is 3.22. The molecule has 0 aliphatic carbocycles. The van der Waals surface area contributed by atoms with E-state index in [2.05, 4.69) is 15.5 Å². The quantitative estimate of drug-likeness (QED) is 0.749. The van der Waals surface area contributed by atoms with Gasteiger partial charge in [0.1, 0.15) is 5.75 Å². The molecule has 0 fully saturated rings. The summed E-state index contributed by atoms with van der Waals surface area (Å²) < 4.78 is 7.12. The van der Waals surface area contributed by atoms with Crippen LogP contribution in [0, 0.1) is 0 Å². The van der Waals surface area contributed by atoms with Crippen LogP contribution in [0.4, 0.5) is 5.69 Å². The molecule has 0 amide bonds. The zero-order valence-electron chi connectivity index (χ0n) is 10.3. The van der Waals surface area contributed by atoms with Gasteiger partial charge in [0.15, 0.2) is 0 Å². The lowest BCUT2D eigenvalue weighted by atomic mass is 10.3. The molecule has 20 heavy (non-hydrogen) atoms. The molecular formula is C13H10ClN5O. The normalized spacial score (nSPS) is 10.4. The third kappa shape index (κ3) is 2.41. The SMILES string of the molecule is Nc1ccc(Oc2nnnn2-c2ccccc2)cc1Cl. The van der Waals surface area contributed by atoms with Crippen molar-refractivity contribution in [2.24, 2.45) is 0 Å². The van der Waals surface area contributed by atoms with Crippen LogP contribution in [0.2, 0.25) is 5.02 Å². The molecule has 0 unspecified atom stereocenters. The predicted molar refractivity (Wildman–Crippen MR) is 75.1 cm³/mol. The van der Waals surface area contributed by atoms with Crippen LogP contribution in [-0.4, -0.2) is 20.2 Å². The maximum Gasteiger partial charge on any atom is 0.345 e. The van der Waals surface area contributed by atoms with E-state index in [1.165, 1.54) is 4.68 Å². The monoisotopic (exact) mass is 287 g/mol. The first-order valence-corrected chi connectivity index (χ1v) is 6.18. The zero-order valence-corrected chi connectivity index (χ0v) is 11.0. The van der Waals surface area contributed by atoms with Gasteiger partial charge in [-0.1, -0.05) is 34.9 Å². The second-order valence-electron chi connectivity index (χ2n) is 3.99. The molecule has 0 aliphatic rings. The summed E-state index contributed by atoms with van der Waals surface area (Å²) in [7, 11) is 0. The first-order chi connectivity index (χ1) is 9.74. The fourth-order valence-corrected chi connectivity index (χ4v) is 1.82. The number of hydrogen-bond acceptors (Lipinski definition) is 5. The van der Waals surface area contributed by atoms with E-state index in [9.17, 15) is 0 Å². The molecule has 0 saturated carbocycles. The van der Waals surface area contributed by atoms with Crippen molar-refractivity contribution in [1.82, 2.24) is 20.2 Å². The third-order valence-corrected chi connectivity index (χ3v) is 2.95. The van der Waals surface area contributed by atoms with Crippen molar-refractivity contribution in [1.29, 1.82) is 0 Å². The summed E-state index contributed by atoms with van der Waals surface area (Å²) in [5, 5.41) is 11.8. The largest absolute Gasteiger partial charge is 0.423 e. The molecule has 6 nitrogen and oxygen atoms in total. The van der Waals surface area contributed by atoms with Crippen molar-refractivity contribution in [2.75, 3.05) is 5.73 Å². The minimum Gasteiger partial charge on any atom is -0.423 e. The maximum absolute atomic E-state index is 5.95. The number of rotatable bonds is 3. The molecule has 1 aromatic heterocycles. The van der Waals surface area contributed by atoms with Gasteiger partial charge < -0.3 is 10.5 Å². The Balaban J connectivity index is 1.92. The number of ether oxygens (including phenoxy) is 1. The Bertz CT molecular complexity index is 729.